The van der Waals surface area contributed by atoms with E-state index in [1.165, 1.54) is 18.2 Å². The van der Waals surface area contributed by atoms with Crippen molar-refractivity contribution < 1.29 is 22.3 Å². The molecule has 0 aromatic heterocycles. The Kier molecular flexibility index (Phi) is 6.04. The van der Waals surface area contributed by atoms with Crippen LogP contribution in [0.25, 0.3) is 0 Å². The van der Waals surface area contributed by atoms with Crippen LogP contribution in [0.2, 0.25) is 0 Å². The fraction of sp³-hybridized carbons (Fsp3) is 0.167. The Bertz CT molecular complexity index is 1300. The highest BCUT2D eigenvalue weighted by molar-refractivity contribution is 7.89. The SMILES string of the molecule is N#Cc1ccc(COC(=O)[C@@H]2Cc3ccccc3CN2S(=O)(=O)c2ccccc2F)cc1. The second kappa shape index (κ2) is 8.91. The second-order valence-electron chi connectivity index (χ2n) is 7.39. The molecule has 1 atom stereocenters. The number of halogens is 1. The zero-order valence-corrected chi connectivity index (χ0v) is 17.8. The first kappa shape index (κ1) is 21.7. The van der Waals surface area contributed by atoms with Crippen LogP contribution in [0.4, 0.5) is 4.39 Å². The molecule has 32 heavy (non-hydrogen) atoms. The number of nitriles is 1. The average Bonchev–Trinajstić information content (AvgIpc) is 2.82. The molecule has 0 saturated carbocycles. The van der Waals surface area contributed by atoms with Crippen molar-refractivity contribution in [2.45, 2.75) is 30.5 Å². The minimum atomic E-state index is -4.30. The van der Waals surface area contributed by atoms with Gasteiger partial charge in [0, 0.05) is 13.0 Å². The van der Waals surface area contributed by atoms with E-state index in [1.54, 1.807) is 36.4 Å². The van der Waals surface area contributed by atoms with Crippen LogP contribution in [0.1, 0.15) is 22.3 Å². The van der Waals surface area contributed by atoms with Gasteiger partial charge in [0.25, 0.3) is 0 Å². The number of benzene rings is 3. The van der Waals surface area contributed by atoms with Crippen molar-refractivity contribution >= 4 is 16.0 Å². The molecule has 4 rings (SSSR count). The number of nitrogens with zero attached hydrogens (tertiary/aromatic N) is 2. The highest BCUT2D eigenvalue weighted by Gasteiger charge is 2.41. The highest BCUT2D eigenvalue weighted by atomic mass is 32.2. The van der Waals surface area contributed by atoms with Crippen molar-refractivity contribution in [3.8, 4) is 6.07 Å². The molecule has 3 aromatic rings. The first-order valence-electron chi connectivity index (χ1n) is 9.89. The van der Waals surface area contributed by atoms with Gasteiger partial charge in [0.2, 0.25) is 10.0 Å². The lowest BCUT2D eigenvalue weighted by Crippen LogP contribution is -2.49. The molecular formula is C24H19FN2O4S. The van der Waals surface area contributed by atoms with E-state index in [1.807, 2.05) is 18.2 Å². The van der Waals surface area contributed by atoms with Crippen LogP contribution in [-0.4, -0.2) is 24.7 Å². The maximum atomic E-state index is 14.4. The second-order valence-corrected chi connectivity index (χ2v) is 9.24. The van der Waals surface area contributed by atoms with Crippen LogP contribution in [-0.2, 0) is 39.1 Å². The van der Waals surface area contributed by atoms with Gasteiger partial charge in [-0.25, -0.2) is 12.8 Å². The predicted molar refractivity (Wildman–Crippen MR) is 114 cm³/mol. The Hall–Kier alpha value is -3.54. The first-order valence-corrected chi connectivity index (χ1v) is 11.3. The average molecular weight is 450 g/mol. The summed E-state index contributed by atoms with van der Waals surface area (Å²) in [6, 6.07) is 19.7. The maximum absolute atomic E-state index is 14.4. The van der Waals surface area contributed by atoms with E-state index >= 15 is 0 Å². The lowest BCUT2D eigenvalue weighted by Gasteiger charge is -2.34. The van der Waals surface area contributed by atoms with Crippen LogP contribution in [0, 0.1) is 17.1 Å². The molecule has 1 aliphatic heterocycles. The number of ether oxygens (including phenoxy) is 1. The number of fused-ring (bicyclic) bond motifs is 1. The number of carbonyl (C=O) groups excluding carboxylic acids is 1. The summed E-state index contributed by atoms with van der Waals surface area (Å²) >= 11 is 0. The van der Waals surface area contributed by atoms with Crippen molar-refractivity contribution in [2.75, 3.05) is 0 Å². The van der Waals surface area contributed by atoms with E-state index in [0.29, 0.717) is 11.1 Å². The summed E-state index contributed by atoms with van der Waals surface area (Å²) in [5, 5.41) is 8.89. The van der Waals surface area contributed by atoms with Gasteiger partial charge < -0.3 is 4.74 Å². The molecule has 0 unspecified atom stereocenters. The third-order valence-electron chi connectivity index (χ3n) is 5.36. The molecule has 3 aromatic carbocycles. The van der Waals surface area contributed by atoms with Crippen LogP contribution in [0.5, 0.6) is 0 Å². The van der Waals surface area contributed by atoms with Crippen LogP contribution in [0.3, 0.4) is 0 Å². The summed E-state index contributed by atoms with van der Waals surface area (Å²) in [4.78, 5) is 12.5. The summed E-state index contributed by atoms with van der Waals surface area (Å²) in [6.07, 6.45) is 0.121. The normalized spacial score (nSPS) is 16.1. The van der Waals surface area contributed by atoms with Crippen molar-refractivity contribution in [1.29, 1.82) is 5.26 Å². The van der Waals surface area contributed by atoms with Gasteiger partial charge in [0.05, 0.1) is 11.6 Å². The van der Waals surface area contributed by atoms with Gasteiger partial charge in [-0.1, -0.05) is 48.5 Å². The van der Waals surface area contributed by atoms with E-state index in [2.05, 4.69) is 0 Å². The molecule has 0 N–H and O–H groups in total. The summed E-state index contributed by atoms with van der Waals surface area (Å²) in [6.45, 7) is -0.139. The van der Waals surface area contributed by atoms with Gasteiger partial charge in [-0.15, -0.1) is 0 Å². The van der Waals surface area contributed by atoms with Gasteiger partial charge in [0.15, 0.2) is 0 Å². The predicted octanol–water partition coefficient (Wildman–Crippen LogP) is 3.56. The van der Waals surface area contributed by atoms with Crippen LogP contribution in [0.15, 0.2) is 77.7 Å². The van der Waals surface area contributed by atoms with E-state index in [0.717, 1.165) is 21.5 Å². The Morgan fingerprint density at radius 3 is 2.38 bits per heavy atom. The maximum Gasteiger partial charge on any atom is 0.325 e. The standard InChI is InChI=1S/C24H19FN2O4S/c25-21-7-3-4-8-23(21)32(29,30)27-15-20-6-2-1-5-19(20)13-22(27)24(28)31-16-18-11-9-17(14-26)10-12-18/h1-12,22H,13,15-16H2/t22-/m0/s1. The zero-order chi connectivity index (χ0) is 22.7. The first-order chi connectivity index (χ1) is 15.4. The number of carbonyl (C=O) groups is 1. The van der Waals surface area contributed by atoms with E-state index < -0.39 is 32.7 Å². The molecule has 0 saturated heterocycles. The molecule has 162 valence electrons. The highest BCUT2D eigenvalue weighted by Crippen LogP contribution is 2.30. The third kappa shape index (κ3) is 4.26. The zero-order valence-electron chi connectivity index (χ0n) is 16.9. The summed E-state index contributed by atoms with van der Waals surface area (Å²) in [5.41, 5.74) is 2.74. The van der Waals surface area contributed by atoms with Crippen LogP contribution < -0.4 is 0 Å². The molecule has 0 bridgehead atoms. The molecule has 8 heteroatoms. The van der Waals surface area contributed by atoms with Gasteiger partial charge in [-0.3, -0.25) is 4.79 Å². The van der Waals surface area contributed by atoms with E-state index in [4.69, 9.17) is 10.00 Å². The van der Waals surface area contributed by atoms with E-state index in [9.17, 15) is 17.6 Å². The monoisotopic (exact) mass is 450 g/mol. The number of esters is 1. The van der Waals surface area contributed by atoms with Gasteiger partial charge in [-0.05, 0) is 41.0 Å². The van der Waals surface area contributed by atoms with Gasteiger partial charge in [0.1, 0.15) is 23.4 Å². The minimum Gasteiger partial charge on any atom is -0.460 e. The number of sulfonamides is 1. The lowest BCUT2D eigenvalue weighted by molar-refractivity contribution is -0.150. The molecule has 6 nitrogen and oxygen atoms in total. The number of hydrogen-bond donors (Lipinski definition) is 0. The van der Waals surface area contributed by atoms with Crippen molar-refractivity contribution in [3.05, 3.63) is 101 Å². The number of rotatable bonds is 5. The molecule has 1 heterocycles. The quantitative estimate of drug-likeness (QED) is 0.555. The molecule has 0 radical (unpaired) electrons. The lowest BCUT2D eigenvalue weighted by atomic mass is 9.96. The minimum absolute atomic E-state index is 0.0660. The van der Waals surface area contributed by atoms with Crippen molar-refractivity contribution in [3.63, 3.8) is 0 Å². The van der Waals surface area contributed by atoms with Gasteiger partial charge in [-0.2, -0.15) is 9.57 Å². The Balaban J connectivity index is 1.63. The Morgan fingerprint density at radius 2 is 1.69 bits per heavy atom. The molecule has 0 fully saturated rings. The number of hydrogen-bond acceptors (Lipinski definition) is 5. The summed E-state index contributed by atoms with van der Waals surface area (Å²) in [7, 11) is -4.30. The van der Waals surface area contributed by atoms with Crippen molar-refractivity contribution in [1.82, 2.24) is 4.31 Å². The summed E-state index contributed by atoms with van der Waals surface area (Å²) < 4.78 is 47.4. The van der Waals surface area contributed by atoms with E-state index in [-0.39, 0.29) is 19.6 Å². The molecule has 1 aliphatic rings. The molecular weight excluding hydrogens is 431 g/mol. The fourth-order valence-electron chi connectivity index (χ4n) is 3.66. The van der Waals surface area contributed by atoms with Gasteiger partial charge >= 0.3 is 5.97 Å². The smallest absolute Gasteiger partial charge is 0.325 e. The Labute approximate surface area is 185 Å². The summed E-state index contributed by atoms with van der Waals surface area (Å²) in [5.74, 6) is -1.60. The molecule has 0 spiro atoms. The van der Waals surface area contributed by atoms with Crippen molar-refractivity contribution in [2.24, 2.45) is 0 Å². The topological polar surface area (TPSA) is 87.5 Å². The molecule has 0 aliphatic carbocycles. The third-order valence-corrected chi connectivity index (χ3v) is 7.25. The Morgan fingerprint density at radius 1 is 1.03 bits per heavy atom. The largest absolute Gasteiger partial charge is 0.460 e. The fourth-order valence-corrected chi connectivity index (χ4v) is 5.28. The van der Waals surface area contributed by atoms with Crippen LogP contribution >= 0.6 is 0 Å². The molecule has 0 amide bonds.